The number of carbonyl (C=O) groups excluding carboxylic acids is 1. The highest BCUT2D eigenvalue weighted by atomic mass is 19.1. The molecule has 2 aliphatic heterocycles. The lowest BCUT2D eigenvalue weighted by Gasteiger charge is -2.36. The van der Waals surface area contributed by atoms with E-state index in [1.54, 1.807) is 19.1 Å². The number of ether oxygens (including phenoxy) is 3. The first-order chi connectivity index (χ1) is 12.6. The van der Waals surface area contributed by atoms with Crippen molar-refractivity contribution in [3.8, 4) is 11.5 Å². The third-order valence-corrected chi connectivity index (χ3v) is 4.72. The van der Waals surface area contributed by atoms with Crippen molar-refractivity contribution in [3.05, 3.63) is 23.9 Å². The van der Waals surface area contributed by atoms with Crippen LogP contribution in [0.1, 0.15) is 23.7 Å². The second kappa shape index (κ2) is 6.60. The summed E-state index contributed by atoms with van der Waals surface area (Å²) in [4.78, 5) is 18.8. The van der Waals surface area contributed by atoms with E-state index in [0.717, 1.165) is 5.39 Å². The van der Waals surface area contributed by atoms with Crippen LogP contribution in [0.4, 0.5) is 10.1 Å². The number of pyridine rings is 1. The molecule has 1 aromatic carbocycles. The lowest BCUT2D eigenvalue weighted by atomic mass is 10.0. The number of esters is 1. The molecule has 2 aromatic rings. The molecule has 0 spiro atoms. The third kappa shape index (κ3) is 2.80. The van der Waals surface area contributed by atoms with E-state index in [2.05, 4.69) is 4.98 Å². The van der Waals surface area contributed by atoms with Crippen LogP contribution in [0.3, 0.4) is 0 Å². The zero-order valence-corrected chi connectivity index (χ0v) is 14.4. The molecule has 2 N–H and O–H groups in total. The number of carbonyl (C=O) groups is 1. The van der Waals surface area contributed by atoms with E-state index in [4.69, 9.17) is 19.9 Å². The van der Waals surface area contributed by atoms with Crippen LogP contribution in [-0.2, 0) is 4.74 Å². The fraction of sp³-hybridized carbons (Fsp3) is 0.444. The van der Waals surface area contributed by atoms with Crippen LogP contribution in [0.5, 0.6) is 11.5 Å². The van der Waals surface area contributed by atoms with Crippen LogP contribution in [0, 0.1) is 0 Å². The van der Waals surface area contributed by atoms with Gasteiger partial charge in [0.1, 0.15) is 11.7 Å². The Morgan fingerprint density at radius 3 is 2.92 bits per heavy atom. The standard InChI is InChI=1S/C18H20FN3O4/c1-2-24-18(23)11-7-21-14-6-16-15(25-9-26-16)5-10(14)17(11)22-4-3-12(19)13(20)8-22/h5-7,12-13H,2-4,8-9,20H2,1H3/t12-,13-/m1/s1. The number of hydrogen-bond donors (Lipinski definition) is 1. The van der Waals surface area contributed by atoms with Crippen molar-refractivity contribution >= 4 is 22.6 Å². The highest BCUT2D eigenvalue weighted by Crippen LogP contribution is 2.40. The molecule has 1 saturated heterocycles. The van der Waals surface area contributed by atoms with Crippen LogP contribution < -0.4 is 20.1 Å². The Morgan fingerprint density at radius 1 is 1.42 bits per heavy atom. The molecule has 1 fully saturated rings. The number of halogens is 1. The number of piperidine rings is 1. The Morgan fingerprint density at radius 2 is 2.19 bits per heavy atom. The van der Waals surface area contributed by atoms with Gasteiger partial charge in [-0.25, -0.2) is 9.18 Å². The molecule has 7 nitrogen and oxygen atoms in total. The maximum absolute atomic E-state index is 13.8. The second-order valence-electron chi connectivity index (χ2n) is 6.38. The van der Waals surface area contributed by atoms with Crippen molar-refractivity contribution in [1.29, 1.82) is 0 Å². The number of benzene rings is 1. The number of alkyl halides is 1. The number of nitrogens with two attached hydrogens (primary N) is 1. The van der Waals surface area contributed by atoms with Gasteiger partial charge in [-0.3, -0.25) is 4.98 Å². The van der Waals surface area contributed by atoms with E-state index in [0.29, 0.717) is 47.8 Å². The second-order valence-corrected chi connectivity index (χ2v) is 6.38. The molecule has 4 rings (SSSR count). The van der Waals surface area contributed by atoms with Gasteiger partial charge in [-0.05, 0) is 19.4 Å². The van der Waals surface area contributed by atoms with Crippen molar-refractivity contribution in [2.75, 3.05) is 31.4 Å². The molecule has 26 heavy (non-hydrogen) atoms. The molecule has 0 bridgehead atoms. The summed E-state index contributed by atoms with van der Waals surface area (Å²) >= 11 is 0. The minimum Gasteiger partial charge on any atom is -0.462 e. The Hall–Kier alpha value is -2.61. The fourth-order valence-corrected chi connectivity index (χ4v) is 3.42. The Kier molecular flexibility index (Phi) is 4.28. The van der Waals surface area contributed by atoms with Crippen LogP contribution in [0.2, 0.25) is 0 Å². The van der Waals surface area contributed by atoms with Gasteiger partial charge in [0, 0.05) is 30.7 Å². The number of rotatable bonds is 3. The molecule has 8 heteroatoms. The molecule has 0 radical (unpaired) electrons. The monoisotopic (exact) mass is 361 g/mol. The van der Waals surface area contributed by atoms with Crippen molar-refractivity contribution in [2.45, 2.75) is 25.6 Å². The average Bonchev–Trinajstić information content (AvgIpc) is 3.08. The first-order valence-electron chi connectivity index (χ1n) is 8.62. The van der Waals surface area contributed by atoms with Crippen molar-refractivity contribution < 1.29 is 23.4 Å². The summed E-state index contributed by atoms with van der Waals surface area (Å²) in [6, 6.07) is 2.96. The van der Waals surface area contributed by atoms with Gasteiger partial charge in [0.15, 0.2) is 11.5 Å². The van der Waals surface area contributed by atoms with Gasteiger partial charge in [0.2, 0.25) is 6.79 Å². The maximum Gasteiger partial charge on any atom is 0.341 e. The lowest BCUT2D eigenvalue weighted by molar-refractivity contribution is 0.0526. The van der Waals surface area contributed by atoms with Crippen molar-refractivity contribution in [1.82, 2.24) is 4.98 Å². The molecular weight excluding hydrogens is 341 g/mol. The van der Waals surface area contributed by atoms with Gasteiger partial charge in [0.05, 0.1) is 23.9 Å². The van der Waals surface area contributed by atoms with Gasteiger partial charge in [0.25, 0.3) is 0 Å². The van der Waals surface area contributed by atoms with E-state index in [1.165, 1.54) is 6.20 Å². The predicted molar refractivity (Wildman–Crippen MR) is 93.5 cm³/mol. The molecule has 2 atom stereocenters. The van der Waals surface area contributed by atoms with Gasteiger partial charge < -0.3 is 24.8 Å². The number of aromatic nitrogens is 1. The van der Waals surface area contributed by atoms with Gasteiger partial charge in [-0.2, -0.15) is 0 Å². The van der Waals surface area contributed by atoms with Crippen molar-refractivity contribution in [2.24, 2.45) is 5.73 Å². The lowest BCUT2D eigenvalue weighted by Crippen LogP contribution is -2.50. The van der Waals surface area contributed by atoms with E-state index >= 15 is 0 Å². The number of anilines is 1. The molecule has 0 saturated carbocycles. The Labute approximate surface area is 149 Å². The Balaban J connectivity index is 1.87. The summed E-state index contributed by atoms with van der Waals surface area (Å²) in [5.41, 5.74) is 7.58. The quantitative estimate of drug-likeness (QED) is 0.837. The van der Waals surface area contributed by atoms with Crippen LogP contribution in [0.15, 0.2) is 18.3 Å². The maximum atomic E-state index is 13.8. The summed E-state index contributed by atoms with van der Waals surface area (Å²) < 4.78 is 29.9. The van der Waals surface area contributed by atoms with Crippen LogP contribution >= 0.6 is 0 Å². The zero-order valence-electron chi connectivity index (χ0n) is 14.4. The SMILES string of the molecule is CCOC(=O)c1cnc2cc3c(cc2c1N1CC[C@@H](F)[C@H](N)C1)OCO3. The highest BCUT2D eigenvalue weighted by molar-refractivity contribution is 6.06. The molecule has 1 aromatic heterocycles. The summed E-state index contributed by atoms with van der Waals surface area (Å²) in [6.07, 6.45) is 0.745. The first kappa shape index (κ1) is 16.8. The zero-order chi connectivity index (χ0) is 18.3. The topological polar surface area (TPSA) is 86.9 Å². The van der Waals surface area contributed by atoms with Gasteiger partial charge >= 0.3 is 5.97 Å². The average molecular weight is 361 g/mol. The normalized spacial score (nSPS) is 21.9. The number of fused-ring (bicyclic) bond motifs is 2. The van der Waals surface area contributed by atoms with E-state index in [-0.39, 0.29) is 13.4 Å². The predicted octanol–water partition coefficient (Wildman–Crippen LogP) is 2.02. The molecule has 3 heterocycles. The fourth-order valence-electron chi connectivity index (χ4n) is 3.42. The van der Waals surface area contributed by atoms with Gasteiger partial charge in [-0.15, -0.1) is 0 Å². The molecule has 0 aliphatic carbocycles. The van der Waals surface area contributed by atoms with E-state index in [1.807, 2.05) is 4.90 Å². The van der Waals surface area contributed by atoms with Crippen molar-refractivity contribution in [3.63, 3.8) is 0 Å². The summed E-state index contributed by atoms with van der Waals surface area (Å²) in [5.74, 6) is 0.732. The van der Waals surface area contributed by atoms with Crippen LogP contribution in [0.25, 0.3) is 10.9 Å². The van der Waals surface area contributed by atoms with E-state index in [9.17, 15) is 9.18 Å². The minimum absolute atomic E-state index is 0.143. The molecule has 0 unspecified atom stereocenters. The van der Waals surface area contributed by atoms with Crippen LogP contribution in [-0.4, -0.2) is 49.7 Å². The number of hydrogen-bond acceptors (Lipinski definition) is 7. The summed E-state index contributed by atoms with van der Waals surface area (Å²) in [6.45, 7) is 2.90. The van der Waals surface area contributed by atoms with E-state index < -0.39 is 18.2 Å². The summed E-state index contributed by atoms with van der Waals surface area (Å²) in [5, 5.41) is 0.726. The molecule has 2 aliphatic rings. The van der Waals surface area contributed by atoms with Gasteiger partial charge in [-0.1, -0.05) is 0 Å². The minimum atomic E-state index is -1.05. The number of nitrogens with zero attached hydrogens (tertiary/aromatic N) is 2. The molecule has 138 valence electrons. The molecular formula is C18H20FN3O4. The smallest absolute Gasteiger partial charge is 0.341 e. The highest BCUT2D eigenvalue weighted by Gasteiger charge is 2.31. The third-order valence-electron chi connectivity index (χ3n) is 4.72. The molecule has 0 amide bonds. The largest absolute Gasteiger partial charge is 0.462 e. The first-order valence-corrected chi connectivity index (χ1v) is 8.62. The summed E-state index contributed by atoms with van der Waals surface area (Å²) in [7, 11) is 0. The Bertz CT molecular complexity index is 860.